The van der Waals surface area contributed by atoms with E-state index in [1.165, 1.54) is 13.2 Å². The minimum atomic E-state index is -1.35. The number of rotatable bonds is 7. The van der Waals surface area contributed by atoms with Gasteiger partial charge in [0.15, 0.2) is 0 Å². The van der Waals surface area contributed by atoms with Gasteiger partial charge < -0.3 is 14.6 Å². The van der Waals surface area contributed by atoms with Crippen molar-refractivity contribution in [3.63, 3.8) is 0 Å². The number of esters is 1. The van der Waals surface area contributed by atoms with Crippen LogP contribution in [0.25, 0.3) is 0 Å². The summed E-state index contributed by atoms with van der Waals surface area (Å²) in [5, 5.41) is 12.7. The zero-order chi connectivity index (χ0) is 26.8. The van der Waals surface area contributed by atoms with Crippen LogP contribution in [-0.4, -0.2) is 60.3 Å². The van der Waals surface area contributed by atoms with Gasteiger partial charge in [0, 0.05) is 38.4 Å². The molecular weight excluding hydrogens is 469 g/mol. The fraction of sp³-hybridized carbons (Fsp3) is 0.630. The average Bonchev–Trinajstić information content (AvgIpc) is 2.79. The summed E-state index contributed by atoms with van der Waals surface area (Å²) in [6.07, 6.45) is 5.31. The Balaban J connectivity index is 2.17. The van der Waals surface area contributed by atoms with Gasteiger partial charge >= 0.3 is 5.97 Å². The number of allylic oxidation sites excluding steroid dienone is 3. The molecule has 0 bridgehead atoms. The van der Waals surface area contributed by atoms with Crippen LogP contribution in [0.4, 0.5) is 4.39 Å². The van der Waals surface area contributed by atoms with E-state index in [9.17, 15) is 24.3 Å². The number of ether oxygens (including phenoxy) is 2. The van der Waals surface area contributed by atoms with Crippen molar-refractivity contribution >= 4 is 23.6 Å². The maximum atomic E-state index is 15.1. The van der Waals surface area contributed by atoms with Crippen LogP contribution in [0.2, 0.25) is 0 Å². The molecule has 2 aliphatic rings. The van der Waals surface area contributed by atoms with Gasteiger partial charge in [-0.3, -0.25) is 19.7 Å². The molecule has 2 aliphatic heterocycles. The van der Waals surface area contributed by atoms with E-state index >= 15 is 4.39 Å². The maximum Gasteiger partial charge on any atom is 0.331 e. The molecule has 2 amide bonds. The van der Waals surface area contributed by atoms with Gasteiger partial charge in [0.25, 0.3) is 0 Å². The largest absolute Gasteiger partial charge is 0.454 e. The van der Waals surface area contributed by atoms with Gasteiger partial charge in [-0.2, -0.15) is 0 Å². The molecule has 2 heterocycles. The molecule has 1 saturated heterocycles. The smallest absolute Gasteiger partial charge is 0.331 e. The normalized spacial score (nSPS) is 31.7. The summed E-state index contributed by atoms with van der Waals surface area (Å²) in [6, 6.07) is 0. The van der Waals surface area contributed by atoms with Crippen LogP contribution >= 0.6 is 0 Å². The van der Waals surface area contributed by atoms with E-state index in [2.05, 4.69) is 5.32 Å². The first-order valence-corrected chi connectivity index (χ1v) is 12.4. The lowest BCUT2D eigenvalue weighted by Crippen LogP contribution is -2.40. The van der Waals surface area contributed by atoms with Crippen molar-refractivity contribution in [1.29, 1.82) is 0 Å². The van der Waals surface area contributed by atoms with E-state index < -0.39 is 54.1 Å². The third-order valence-electron chi connectivity index (χ3n) is 6.62. The third kappa shape index (κ3) is 9.09. The van der Waals surface area contributed by atoms with Crippen LogP contribution < -0.4 is 5.32 Å². The summed E-state index contributed by atoms with van der Waals surface area (Å²) in [4.78, 5) is 48.7. The first-order chi connectivity index (χ1) is 17.0. The summed E-state index contributed by atoms with van der Waals surface area (Å²) in [6.45, 7) is 4.98. The lowest BCUT2D eigenvalue weighted by Gasteiger charge is -2.27. The Kier molecular flexibility index (Phi) is 11.7. The van der Waals surface area contributed by atoms with Crippen LogP contribution in [0, 0.1) is 17.8 Å². The van der Waals surface area contributed by atoms with E-state index in [0.717, 1.165) is 0 Å². The van der Waals surface area contributed by atoms with E-state index in [1.54, 1.807) is 39.0 Å². The SMILES string of the molecule is CO[C@H]1/C=C/CC/C=C/C(=O)OC([C@H](C)C(=O)C[C@H](O)CC2CC(=O)NC(=O)C2)/C(C)=C\[C@@H](C)[C@H]1F. The van der Waals surface area contributed by atoms with Crippen LogP contribution in [0.15, 0.2) is 36.0 Å². The Morgan fingerprint density at radius 1 is 1.22 bits per heavy atom. The van der Waals surface area contributed by atoms with Gasteiger partial charge in [-0.25, -0.2) is 9.18 Å². The Morgan fingerprint density at radius 3 is 2.50 bits per heavy atom. The number of carbonyl (C=O) groups is 4. The molecule has 1 unspecified atom stereocenters. The van der Waals surface area contributed by atoms with Crippen molar-refractivity contribution in [3.8, 4) is 0 Å². The number of amides is 2. The van der Waals surface area contributed by atoms with Crippen molar-refractivity contribution < 1.29 is 38.1 Å². The maximum absolute atomic E-state index is 15.1. The highest BCUT2D eigenvalue weighted by atomic mass is 19.1. The number of Topliss-reactive ketones (excluding diaryl/α,β-unsaturated/α-hetero) is 1. The fourth-order valence-electron chi connectivity index (χ4n) is 4.65. The number of ketones is 1. The number of piperidine rings is 1. The number of carbonyl (C=O) groups excluding carboxylic acids is 4. The van der Waals surface area contributed by atoms with E-state index in [-0.39, 0.29) is 37.4 Å². The lowest BCUT2D eigenvalue weighted by molar-refractivity contribution is -0.145. The second-order valence-electron chi connectivity index (χ2n) is 9.77. The number of alkyl halides is 1. The highest BCUT2D eigenvalue weighted by Gasteiger charge is 2.33. The molecule has 6 atom stereocenters. The Bertz CT molecular complexity index is 881. The molecule has 0 saturated carbocycles. The minimum absolute atomic E-state index is 0.112. The second kappa shape index (κ2) is 14.2. The Labute approximate surface area is 212 Å². The van der Waals surface area contributed by atoms with E-state index in [0.29, 0.717) is 18.4 Å². The summed E-state index contributed by atoms with van der Waals surface area (Å²) >= 11 is 0. The molecule has 36 heavy (non-hydrogen) atoms. The van der Waals surface area contributed by atoms with Crippen molar-refractivity contribution in [3.05, 3.63) is 36.0 Å². The molecule has 2 N–H and O–H groups in total. The zero-order valence-corrected chi connectivity index (χ0v) is 21.4. The summed E-state index contributed by atoms with van der Waals surface area (Å²) in [5.41, 5.74) is 0.521. The van der Waals surface area contributed by atoms with Crippen LogP contribution in [0.3, 0.4) is 0 Å². The number of methoxy groups -OCH3 is 1. The van der Waals surface area contributed by atoms with E-state index in [4.69, 9.17) is 9.47 Å². The molecule has 0 aliphatic carbocycles. The van der Waals surface area contributed by atoms with Crippen LogP contribution in [0.5, 0.6) is 0 Å². The lowest BCUT2D eigenvalue weighted by atomic mass is 9.85. The Morgan fingerprint density at radius 2 is 1.86 bits per heavy atom. The van der Waals surface area contributed by atoms with Gasteiger partial charge in [-0.1, -0.05) is 38.2 Å². The number of hydrogen-bond acceptors (Lipinski definition) is 7. The van der Waals surface area contributed by atoms with Crippen molar-refractivity contribution in [2.45, 2.75) is 83.8 Å². The Hall–Kier alpha value is -2.65. The predicted molar refractivity (Wildman–Crippen MR) is 131 cm³/mol. The van der Waals surface area contributed by atoms with Crippen LogP contribution in [0.1, 0.15) is 59.3 Å². The molecule has 2 rings (SSSR count). The molecule has 200 valence electrons. The quantitative estimate of drug-likeness (QED) is 0.309. The summed E-state index contributed by atoms with van der Waals surface area (Å²) in [5.74, 6) is -3.46. The zero-order valence-electron chi connectivity index (χ0n) is 21.4. The first-order valence-electron chi connectivity index (χ1n) is 12.4. The van der Waals surface area contributed by atoms with Crippen LogP contribution in [-0.2, 0) is 28.7 Å². The number of imide groups is 1. The molecule has 0 aromatic carbocycles. The number of aliphatic hydroxyl groups excluding tert-OH is 1. The molecule has 0 aromatic rings. The number of hydrogen-bond donors (Lipinski definition) is 2. The molecule has 0 aromatic heterocycles. The van der Waals surface area contributed by atoms with Gasteiger partial charge in [-0.05, 0) is 37.7 Å². The van der Waals surface area contributed by atoms with Crippen molar-refractivity contribution in [1.82, 2.24) is 5.32 Å². The number of aliphatic hydroxyl groups is 1. The van der Waals surface area contributed by atoms with Gasteiger partial charge in [-0.15, -0.1) is 0 Å². The van der Waals surface area contributed by atoms with Gasteiger partial charge in [0.2, 0.25) is 11.8 Å². The molecule has 0 radical (unpaired) electrons. The van der Waals surface area contributed by atoms with Crippen molar-refractivity contribution in [2.24, 2.45) is 17.8 Å². The average molecular weight is 508 g/mol. The first kappa shape index (κ1) is 29.6. The molecular formula is C27H38FNO7. The van der Waals surface area contributed by atoms with Gasteiger partial charge in [0.1, 0.15) is 24.2 Å². The predicted octanol–water partition coefficient (Wildman–Crippen LogP) is 3.14. The standard InChI is InChI=1S/C27H38FNO7/c1-16-11-17(2)27(36-25(34)10-8-6-5-7-9-22(35-4)26(16)28)18(3)21(31)15-20(30)12-19-13-23(32)29-24(33)14-19/h7-11,16,18-20,22,26-27,30H,5-6,12-15H2,1-4H3,(H,29,32,33)/b9-7+,10-8+,17-11-/t16-,18-,20-,22+,26-,27?/m1/s1. The molecule has 0 spiro atoms. The monoisotopic (exact) mass is 507 g/mol. The second-order valence-corrected chi connectivity index (χ2v) is 9.77. The number of nitrogens with one attached hydrogen (secondary N) is 1. The van der Waals surface area contributed by atoms with Gasteiger partial charge in [0.05, 0.1) is 12.0 Å². The van der Waals surface area contributed by atoms with E-state index in [1.807, 2.05) is 6.08 Å². The highest BCUT2D eigenvalue weighted by molar-refractivity contribution is 5.97. The fourth-order valence-corrected chi connectivity index (χ4v) is 4.65. The topological polar surface area (TPSA) is 119 Å². The highest BCUT2D eigenvalue weighted by Crippen LogP contribution is 2.26. The number of halogens is 1. The molecule has 1 fully saturated rings. The van der Waals surface area contributed by atoms with Crippen molar-refractivity contribution in [2.75, 3.05) is 7.11 Å². The molecule has 9 heteroatoms. The third-order valence-corrected chi connectivity index (χ3v) is 6.62. The summed E-state index contributed by atoms with van der Waals surface area (Å²) in [7, 11) is 1.44. The minimum Gasteiger partial charge on any atom is -0.454 e. The summed E-state index contributed by atoms with van der Waals surface area (Å²) < 4.78 is 26.0. The molecule has 8 nitrogen and oxygen atoms in total. The number of cyclic esters (lactones) is 1.